The molecule has 3 saturated heterocycles. The van der Waals surface area contributed by atoms with Crippen LogP contribution in [0.1, 0.15) is 24.5 Å². The van der Waals surface area contributed by atoms with E-state index in [-0.39, 0.29) is 6.04 Å². The summed E-state index contributed by atoms with van der Waals surface area (Å²) in [5.41, 5.74) is 1.64. The van der Waals surface area contributed by atoms with E-state index >= 15 is 0 Å². The second kappa shape index (κ2) is 7.19. The number of rotatable bonds is 5. The number of carbonyl (C=O) groups is 1. The lowest BCUT2D eigenvalue weighted by Gasteiger charge is -2.51. The lowest BCUT2D eigenvalue weighted by atomic mass is 9.73. The van der Waals surface area contributed by atoms with Crippen molar-refractivity contribution in [2.75, 3.05) is 20.2 Å². The van der Waals surface area contributed by atoms with Gasteiger partial charge < -0.3 is 14.6 Å². The summed E-state index contributed by atoms with van der Waals surface area (Å²) < 4.78 is 10.8. The van der Waals surface area contributed by atoms with Crippen LogP contribution in [-0.2, 0) is 4.74 Å². The highest BCUT2D eigenvalue weighted by Crippen LogP contribution is 2.43. The van der Waals surface area contributed by atoms with Crippen LogP contribution >= 0.6 is 0 Å². The van der Waals surface area contributed by atoms with Gasteiger partial charge in [0.15, 0.2) is 0 Å². The summed E-state index contributed by atoms with van der Waals surface area (Å²) >= 11 is 0. The first-order chi connectivity index (χ1) is 13.1. The summed E-state index contributed by atoms with van der Waals surface area (Å²) in [6, 6.07) is 7.53. The van der Waals surface area contributed by atoms with Crippen molar-refractivity contribution in [2.45, 2.75) is 25.0 Å². The molecule has 142 valence electrons. The van der Waals surface area contributed by atoms with Gasteiger partial charge in [-0.25, -0.2) is 4.79 Å². The second-order valence-corrected chi connectivity index (χ2v) is 7.33. The average Bonchev–Trinajstić information content (AvgIpc) is 2.71. The Kier molecular flexibility index (Phi) is 4.74. The van der Waals surface area contributed by atoms with E-state index in [1.165, 1.54) is 0 Å². The molecule has 27 heavy (non-hydrogen) atoms. The molecule has 3 fully saturated rings. The van der Waals surface area contributed by atoms with Crippen molar-refractivity contribution in [2.24, 2.45) is 11.8 Å². The van der Waals surface area contributed by atoms with Crippen molar-refractivity contribution in [1.29, 1.82) is 0 Å². The van der Waals surface area contributed by atoms with Gasteiger partial charge in [-0.1, -0.05) is 6.08 Å². The molecule has 0 aliphatic carbocycles. The number of nitrogens with zero attached hydrogens (tertiary/aromatic N) is 2. The lowest BCUT2D eigenvalue weighted by molar-refractivity contribution is -0.0596. The van der Waals surface area contributed by atoms with Gasteiger partial charge in [-0.3, -0.25) is 9.88 Å². The standard InChI is InChI=1S/C21H24N2O4/c1-3-13-12-23-9-7-14(13)10-19(23)20(27-21(24)25)16-6-8-22-18-5-4-15(26-2)11-17(16)18/h3-6,8,11,13-14,19-20H,1,7,9-10,12H2,2H3,(H,24,25)/t13-,14?,19?,20+/m1/s1. The van der Waals surface area contributed by atoms with Crippen molar-refractivity contribution in [1.82, 2.24) is 9.88 Å². The van der Waals surface area contributed by atoms with E-state index < -0.39 is 12.3 Å². The Morgan fingerprint density at radius 3 is 2.96 bits per heavy atom. The Hall–Kier alpha value is -2.60. The van der Waals surface area contributed by atoms with Crippen molar-refractivity contribution in [3.05, 3.63) is 48.7 Å². The number of carboxylic acid groups (broad SMARTS) is 1. The molecular weight excluding hydrogens is 344 g/mol. The number of benzene rings is 1. The normalized spacial score (nSPS) is 27.9. The molecule has 3 aliphatic rings. The molecule has 4 heterocycles. The first-order valence-corrected chi connectivity index (χ1v) is 9.29. The SMILES string of the molecule is C=C[C@@H]1CN2CCC1CC2[C@@H](OC(=O)O)c1ccnc2ccc(OC)cc12. The quantitative estimate of drug-likeness (QED) is 0.638. The van der Waals surface area contributed by atoms with Crippen LogP contribution in [0.15, 0.2) is 43.1 Å². The molecule has 6 heteroatoms. The summed E-state index contributed by atoms with van der Waals surface area (Å²) in [4.78, 5) is 18.3. The summed E-state index contributed by atoms with van der Waals surface area (Å²) in [7, 11) is 1.61. The van der Waals surface area contributed by atoms with Crippen LogP contribution < -0.4 is 4.74 Å². The first kappa shape index (κ1) is 17.8. The minimum absolute atomic E-state index is 0.0212. The monoisotopic (exact) mass is 368 g/mol. The van der Waals surface area contributed by atoms with Gasteiger partial charge in [0, 0.05) is 23.7 Å². The largest absolute Gasteiger partial charge is 0.506 e. The van der Waals surface area contributed by atoms with Crippen molar-refractivity contribution < 1.29 is 19.4 Å². The van der Waals surface area contributed by atoms with Crippen molar-refractivity contribution >= 4 is 17.1 Å². The predicted octanol–water partition coefficient (Wildman–Crippen LogP) is 3.88. The molecule has 0 amide bonds. The highest BCUT2D eigenvalue weighted by atomic mass is 16.7. The molecule has 1 aromatic carbocycles. The minimum atomic E-state index is -1.25. The molecule has 1 aromatic heterocycles. The lowest BCUT2D eigenvalue weighted by Crippen LogP contribution is -2.55. The number of methoxy groups -OCH3 is 1. The Labute approximate surface area is 158 Å². The highest BCUT2D eigenvalue weighted by Gasteiger charge is 2.44. The van der Waals surface area contributed by atoms with Crippen LogP contribution in [0.2, 0.25) is 0 Å². The number of hydrogen-bond donors (Lipinski definition) is 1. The van der Waals surface area contributed by atoms with E-state index in [4.69, 9.17) is 9.47 Å². The van der Waals surface area contributed by atoms with E-state index in [0.29, 0.717) is 17.6 Å². The van der Waals surface area contributed by atoms with Gasteiger partial charge in [0.2, 0.25) is 0 Å². The summed E-state index contributed by atoms with van der Waals surface area (Å²) in [6.45, 7) is 5.84. The number of pyridine rings is 1. The molecule has 5 rings (SSSR count). The van der Waals surface area contributed by atoms with Crippen LogP contribution in [-0.4, -0.2) is 47.4 Å². The van der Waals surface area contributed by atoms with Crippen molar-refractivity contribution in [3.63, 3.8) is 0 Å². The molecule has 0 saturated carbocycles. The van der Waals surface area contributed by atoms with Gasteiger partial charge in [-0.15, -0.1) is 6.58 Å². The molecule has 0 spiro atoms. The third kappa shape index (κ3) is 3.25. The van der Waals surface area contributed by atoms with Gasteiger partial charge in [-0.05, 0) is 55.5 Å². The molecule has 2 bridgehead atoms. The van der Waals surface area contributed by atoms with Gasteiger partial charge >= 0.3 is 6.16 Å². The fourth-order valence-electron chi connectivity index (χ4n) is 4.67. The molecule has 5 atom stereocenters. The topological polar surface area (TPSA) is 71.9 Å². The molecule has 2 aromatic rings. The molecule has 3 unspecified atom stereocenters. The Bertz CT molecular complexity index is 868. The summed E-state index contributed by atoms with van der Waals surface area (Å²) in [6.07, 6.45) is 3.96. The Morgan fingerprint density at radius 1 is 1.44 bits per heavy atom. The zero-order valence-electron chi connectivity index (χ0n) is 15.4. The Balaban J connectivity index is 1.76. The number of piperidine rings is 3. The smallest absolute Gasteiger partial charge is 0.497 e. The third-order valence-electron chi connectivity index (χ3n) is 6.02. The number of hydrogen-bond acceptors (Lipinski definition) is 5. The van der Waals surface area contributed by atoms with E-state index in [1.54, 1.807) is 13.3 Å². The van der Waals surface area contributed by atoms with Gasteiger partial charge in [-0.2, -0.15) is 0 Å². The predicted molar refractivity (Wildman–Crippen MR) is 102 cm³/mol. The molecule has 6 nitrogen and oxygen atoms in total. The highest BCUT2D eigenvalue weighted by molar-refractivity contribution is 5.84. The third-order valence-corrected chi connectivity index (χ3v) is 6.02. The van der Waals surface area contributed by atoms with Gasteiger partial charge in [0.05, 0.1) is 18.7 Å². The van der Waals surface area contributed by atoms with E-state index in [2.05, 4.69) is 16.5 Å². The minimum Gasteiger partial charge on any atom is -0.497 e. The van der Waals surface area contributed by atoms with Crippen molar-refractivity contribution in [3.8, 4) is 5.75 Å². The maximum Gasteiger partial charge on any atom is 0.506 e. The zero-order chi connectivity index (χ0) is 19.0. The fraction of sp³-hybridized carbons (Fsp3) is 0.429. The molecule has 1 N–H and O–H groups in total. The van der Waals surface area contributed by atoms with Crippen LogP contribution in [0.3, 0.4) is 0 Å². The van der Waals surface area contributed by atoms with Crippen LogP contribution in [0.4, 0.5) is 4.79 Å². The van der Waals surface area contributed by atoms with Gasteiger partial charge in [0.25, 0.3) is 0 Å². The zero-order valence-corrected chi connectivity index (χ0v) is 15.4. The van der Waals surface area contributed by atoms with E-state index in [9.17, 15) is 9.90 Å². The molecular formula is C21H24N2O4. The van der Waals surface area contributed by atoms with Crippen LogP contribution in [0.5, 0.6) is 5.75 Å². The van der Waals surface area contributed by atoms with Crippen LogP contribution in [0, 0.1) is 11.8 Å². The first-order valence-electron chi connectivity index (χ1n) is 9.29. The number of aromatic nitrogens is 1. The number of ether oxygens (including phenoxy) is 2. The summed E-state index contributed by atoms with van der Waals surface area (Å²) in [5, 5.41) is 10.3. The molecule has 0 radical (unpaired) electrons. The molecule has 3 aliphatic heterocycles. The van der Waals surface area contributed by atoms with Crippen LogP contribution in [0.25, 0.3) is 10.9 Å². The summed E-state index contributed by atoms with van der Waals surface area (Å²) in [5.74, 6) is 1.71. The second-order valence-electron chi connectivity index (χ2n) is 7.33. The van der Waals surface area contributed by atoms with E-state index in [1.807, 2.05) is 30.3 Å². The number of fused-ring (bicyclic) bond motifs is 4. The van der Waals surface area contributed by atoms with Gasteiger partial charge in [0.1, 0.15) is 11.9 Å². The fourth-order valence-corrected chi connectivity index (χ4v) is 4.67. The average molecular weight is 368 g/mol. The Morgan fingerprint density at radius 2 is 2.30 bits per heavy atom. The van der Waals surface area contributed by atoms with E-state index in [0.717, 1.165) is 42.4 Å². The maximum absolute atomic E-state index is 11.5. The maximum atomic E-state index is 11.5.